The van der Waals surface area contributed by atoms with Crippen LogP contribution in [0, 0.1) is 0 Å². The zero-order chi connectivity index (χ0) is 19.2. The molecule has 0 bridgehead atoms. The number of aromatic nitrogens is 2. The smallest absolute Gasteiger partial charge is 0.319 e. The third-order valence-electron chi connectivity index (χ3n) is 4.79. The molecule has 6 nitrogen and oxygen atoms in total. The van der Waals surface area contributed by atoms with Crippen LogP contribution in [0.15, 0.2) is 54.2 Å². The first-order valence-corrected chi connectivity index (χ1v) is 10.4. The minimum atomic E-state index is -0.140. The van der Waals surface area contributed by atoms with Crippen molar-refractivity contribution in [2.24, 2.45) is 0 Å². The highest BCUT2D eigenvalue weighted by molar-refractivity contribution is 7.14. The Hall–Kier alpha value is -2.93. The lowest BCUT2D eigenvalue weighted by Crippen LogP contribution is -2.39. The van der Waals surface area contributed by atoms with Gasteiger partial charge in [-0.1, -0.05) is 25.3 Å². The molecule has 1 aliphatic rings. The van der Waals surface area contributed by atoms with E-state index in [2.05, 4.69) is 25.9 Å². The second kappa shape index (κ2) is 8.84. The van der Waals surface area contributed by atoms with E-state index in [9.17, 15) is 4.79 Å². The van der Waals surface area contributed by atoms with Gasteiger partial charge in [0, 0.05) is 40.8 Å². The molecular weight excluding hydrogens is 370 g/mol. The quantitative estimate of drug-likeness (QED) is 0.542. The maximum Gasteiger partial charge on any atom is 0.319 e. The molecule has 2 aromatic heterocycles. The molecule has 0 spiro atoms. The molecule has 0 radical (unpaired) electrons. The third-order valence-corrected chi connectivity index (χ3v) is 5.55. The average Bonchev–Trinajstić information content (AvgIpc) is 3.18. The van der Waals surface area contributed by atoms with Crippen LogP contribution in [-0.2, 0) is 0 Å². The summed E-state index contributed by atoms with van der Waals surface area (Å²) in [7, 11) is 0. The molecule has 0 aliphatic heterocycles. The number of carbonyl (C=O) groups is 1. The Kier molecular flexibility index (Phi) is 5.82. The van der Waals surface area contributed by atoms with Crippen LogP contribution in [0.5, 0.6) is 0 Å². The van der Waals surface area contributed by atoms with Crippen LogP contribution in [0.2, 0.25) is 0 Å². The van der Waals surface area contributed by atoms with Gasteiger partial charge in [0.05, 0.1) is 5.69 Å². The first kappa shape index (κ1) is 18.4. The van der Waals surface area contributed by atoms with Crippen molar-refractivity contribution in [2.75, 3.05) is 10.6 Å². The summed E-state index contributed by atoms with van der Waals surface area (Å²) in [5.74, 6) is 0. The number of benzene rings is 1. The van der Waals surface area contributed by atoms with Crippen molar-refractivity contribution in [3.8, 4) is 11.3 Å². The second-order valence-corrected chi connectivity index (χ2v) is 7.77. The van der Waals surface area contributed by atoms with Gasteiger partial charge in [0.15, 0.2) is 5.13 Å². The fourth-order valence-corrected chi connectivity index (χ4v) is 4.12. The number of carbonyl (C=O) groups excluding carboxylic acids is 1. The maximum absolute atomic E-state index is 12.3. The van der Waals surface area contributed by atoms with Crippen LogP contribution in [0.4, 0.5) is 21.3 Å². The van der Waals surface area contributed by atoms with Crippen LogP contribution < -0.4 is 16.0 Å². The molecule has 1 fully saturated rings. The zero-order valence-corrected chi connectivity index (χ0v) is 16.3. The SMILES string of the molecule is O=C(Nc1cccc(Nc2nc(-c3ccncc3)cs2)c1)NC1CCCCC1. The Bertz CT molecular complexity index is 921. The van der Waals surface area contributed by atoms with Gasteiger partial charge in [0.1, 0.15) is 0 Å². The lowest BCUT2D eigenvalue weighted by atomic mass is 9.96. The first-order valence-electron chi connectivity index (χ1n) is 9.57. The van der Waals surface area contributed by atoms with Crippen molar-refractivity contribution in [1.82, 2.24) is 15.3 Å². The number of urea groups is 1. The third kappa shape index (κ3) is 4.86. The summed E-state index contributed by atoms with van der Waals surface area (Å²) in [6, 6.07) is 11.7. The molecule has 1 aromatic carbocycles. The Morgan fingerprint density at radius 1 is 1.04 bits per heavy atom. The number of hydrogen-bond acceptors (Lipinski definition) is 5. The summed E-state index contributed by atoms with van der Waals surface area (Å²) in [4.78, 5) is 20.9. The van der Waals surface area contributed by atoms with E-state index in [0.29, 0.717) is 0 Å². The lowest BCUT2D eigenvalue weighted by Gasteiger charge is -2.22. The number of hydrogen-bond donors (Lipinski definition) is 3. The van der Waals surface area contributed by atoms with Crippen LogP contribution in [-0.4, -0.2) is 22.0 Å². The number of pyridine rings is 1. The van der Waals surface area contributed by atoms with E-state index < -0.39 is 0 Å². The van der Waals surface area contributed by atoms with E-state index in [1.165, 1.54) is 30.6 Å². The standard InChI is InChI=1S/C21H23N5OS/c27-20(23-16-5-2-1-3-6-16)24-17-7-4-8-18(13-17)25-21-26-19(14-28-21)15-9-11-22-12-10-15/h4,7-14,16H,1-3,5-6H2,(H,25,26)(H2,23,24,27). The molecule has 2 amide bonds. The van der Waals surface area contributed by atoms with Gasteiger partial charge in [0.2, 0.25) is 0 Å². The van der Waals surface area contributed by atoms with Crippen LogP contribution in [0.1, 0.15) is 32.1 Å². The number of thiazole rings is 1. The molecule has 0 atom stereocenters. The molecule has 2 heterocycles. The predicted molar refractivity (Wildman–Crippen MR) is 114 cm³/mol. The highest BCUT2D eigenvalue weighted by Gasteiger charge is 2.15. The molecule has 28 heavy (non-hydrogen) atoms. The fraction of sp³-hybridized carbons (Fsp3) is 0.286. The average molecular weight is 394 g/mol. The summed E-state index contributed by atoms with van der Waals surface area (Å²) in [6.45, 7) is 0. The first-order chi connectivity index (χ1) is 13.8. The Balaban J connectivity index is 1.37. The minimum absolute atomic E-state index is 0.140. The Labute approximate surface area is 168 Å². The molecule has 1 saturated carbocycles. The molecule has 144 valence electrons. The van der Waals surface area contributed by atoms with Gasteiger partial charge in [-0.2, -0.15) is 0 Å². The Morgan fingerprint density at radius 3 is 2.64 bits per heavy atom. The van der Waals surface area contributed by atoms with Crippen LogP contribution >= 0.6 is 11.3 Å². The van der Waals surface area contributed by atoms with E-state index in [1.807, 2.05) is 41.8 Å². The van der Waals surface area contributed by atoms with E-state index in [-0.39, 0.29) is 12.1 Å². The van der Waals surface area contributed by atoms with E-state index in [1.54, 1.807) is 12.4 Å². The van der Waals surface area contributed by atoms with Crippen molar-refractivity contribution in [1.29, 1.82) is 0 Å². The molecular formula is C21H23N5OS. The summed E-state index contributed by atoms with van der Waals surface area (Å²) in [5, 5.41) is 12.1. The topological polar surface area (TPSA) is 78.9 Å². The van der Waals surface area contributed by atoms with E-state index >= 15 is 0 Å². The summed E-state index contributed by atoms with van der Waals surface area (Å²) in [5.41, 5.74) is 3.58. The molecule has 0 saturated heterocycles. The van der Waals surface area contributed by atoms with Gasteiger partial charge in [-0.25, -0.2) is 9.78 Å². The largest absolute Gasteiger partial charge is 0.335 e. The predicted octanol–water partition coefficient (Wildman–Crippen LogP) is 5.40. The van der Waals surface area contributed by atoms with E-state index in [4.69, 9.17) is 0 Å². The van der Waals surface area contributed by atoms with Crippen molar-refractivity contribution in [3.05, 3.63) is 54.2 Å². The van der Waals surface area contributed by atoms with Gasteiger partial charge in [-0.05, 0) is 43.2 Å². The highest BCUT2D eigenvalue weighted by Crippen LogP contribution is 2.27. The number of nitrogens with one attached hydrogen (secondary N) is 3. The van der Waals surface area contributed by atoms with Gasteiger partial charge in [-0.3, -0.25) is 4.98 Å². The number of anilines is 3. The number of nitrogens with zero attached hydrogens (tertiary/aromatic N) is 2. The summed E-state index contributed by atoms with van der Waals surface area (Å²) >= 11 is 1.54. The van der Waals surface area contributed by atoms with Gasteiger partial charge < -0.3 is 16.0 Å². The Morgan fingerprint density at radius 2 is 1.82 bits per heavy atom. The molecule has 7 heteroatoms. The molecule has 1 aliphatic carbocycles. The number of rotatable bonds is 5. The van der Waals surface area contributed by atoms with Crippen molar-refractivity contribution >= 4 is 33.9 Å². The maximum atomic E-state index is 12.3. The highest BCUT2D eigenvalue weighted by atomic mass is 32.1. The molecule has 0 unspecified atom stereocenters. The van der Waals surface area contributed by atoms with Gasteiger partial charge >= 0.3 is 6.03 Å². The molecule has 3 N–H and O–H groups in total. The van der Waals surface area contributed by atoms with Crippen LogP contribution in [0.25, 0.3) is 11.3 Å². The minimum Gasteiger partial charge on any atom is -0.335 e. The monoisotopic (exact) mass is 393 g/mol. The number of amides is 2. The zero-order valence-electron chi connectivity index (χ0n) is 15.5. The second-order valence-electron chi connectivity index (χ2n) is 6.91. The fourth-order valence-electron chi connectivity index (χ4n) is 3.38. The van der Waals surface area contributed by atoms with Gasteiger partial charge in [-0.15, -0.1) is 11.3 Å². The van der Waals surface area contributed by atoms with Gasteiger partial charge in [0.25, 0.3) is 0 Å². The molecule has 3 aromatic rings. The van der Waals surface area contributed by atoms with Crippen molar-refractivity contribution < 1.29 is 4.79 Å². The summed E-state index contributed by atoms with van der Waals surface area (Å²) < 4.78 is 0. The van der Waals surface area contributed by atoms with E-state index in [0.717, 1.165) is 40.6 Å². The normalized spacial score (nSPS) is 14.4. The summed E-state index contributed by atoms with van der Waals surface area (Å²) in [6.07, 6.45) is 9.31. The lowest BCUT2D eigenvalue weighted by molar-refractivity contribution is 0.244. The molecule has 4 rings (SSSR count). The van der Waals surface area contributed by atoms with Crippen LogP contribution in [0.3, 0.4) is 0 Å². The van der Waals surface area contributed by atoms with Crippen molar-refractivity contribution in [3.63, 3.8) is 0 Å². The van der Waals surface area contributed by atoms with Crippen molar-refractivity contribution in [2.45, 2.75) is 38.1 Å².